The van der Waals surface area contributed by atoms with Gasteiger partial charge < -0.3 is 10.6 Å². The summed E-state index contributed by atoms with van der Waals surface area (Å²) >= 11 is 0. The summed E-state index contributed by atoms with van der Waals surface area (Å²) in [5, 5.41) is 6.36. The number of halogens is 1. The second-order valence-electron chi connectivity index (χ2n) is 6.17. The number of carbonyl (C=O) groups excluding carboxylic acids is 1. The predicted molar refractivity (Wildman–Crippen MR) is 89.7 cm³/mol. The molecule has 0 radical (unpaired) electrons. The molecule has 2 fully saturated rings. The maximum absolute atomic E-state index is 12.0. The van der Waals surface area contributed by atoms with Crippen molar-refractivity contribution < 1.29 is 13.2 Å². The highest BCUT2D eigenvalue weighted by Gasteiger charge is 2.25. The molecule has 2 saturated heterocycles. The topological polar surface area (TPSA) is 78.5 Å². The number of nitrogens with zero attached hydrogens (tertiary/aromatic N) is 1. The van der Waals surface area contributed by atoms with Crippen molar-refractivity contribution >= 4 is 28.3 Å². The van der Waals surface area contributed by atoms with Gasteiger partial charge in [-0.05, 0) is 45.6 Å². The van der Waals surface area contributed by atoms with Gasteiger partial charge in [0.15, 0.2) is 0 Å². The van der Waals surface area contributed by atoms with Crippen LogP contribution in [0.1, 0.15) is 45.4 Å². The van der Waals surface area contributed by atoms with Crippen LogP contribution in [0.15, 0.2) is 0 Å². The highest BCUT2D eigenvalue weighted by molar-refractivity contribution is 7.89. The van der Waals surface area contributed by atoms with Gasteiger partial charge in [0, 0.05) is 31.6 Å². The number of rotatable bonds is 6. The fourth-order valence-corrected chi connectivity index (χ4v) is 4.66. The van der Waals surface area contributed by atoms with Crippen molar-refractivity contribution in [2.75, 3.05) is 25.4 Å². The lowest BCUT2D eigenvalue weighted by Crippen LogP contribution is -2.46. The Hall–Kier alpha value is -0.370. The maximum atomic E-state index is 12.0. The molecule has 8 heteroatoms. The monoisotopic (exact) mass is 353 g/mol. The standard InChI is InChI=1S/C14H27N3O3S.ClH/c1-12-11-13(6-7-15-12)16-14(18)5-4-10-21(19,20)17-8-2-3-9-17;/h12-13,15H,2-11H2,1H3,(H,16,18);1H. The summed E-state index contributed by atoms with van der Waals surface area (Å²) in [5.41, 5.74) is 0. The molecule has 2 unspecified atom stereocenters. The van der Waals surface area contributed by atoms with Gasteiger partial charge in [-0.2, -0.15) is 0 Å². The number of hydrogen-bond donors (Lipinski definition) is 2. The largest absolute Gasteiger partial charge is 0.353 e. The number of hydrogen-bond acceptors (Lipinski definition) is 4. The van der Waals surface area contributed by atoms with Gasteiger partial charge in [0.05, 0.1) is 5.75 Å². The van der Waals surface area contributed by atoms with Crippen molar-refractivity contribution in [2.24, 2.45) is 0 Å². The quantitative estimate of drug-likeness (QED) is 0.742. The van der Waals surface area contributed by atoms with E-state index in [4.69, 9.17) is 0 Å². The summed E-state index contributed by atoms with van der Waals surface area (Å²) in [4.78, 5) is 11.9. The third-order valence-corrected chi connectivity index (χ3v) is 6.21. The Labute approximate surface area is 139 Å². The molecule has 0 bridgehead atoms. The zero-order valence-corrected chi connectivity index (χ0v) is 14.8. The highest BCUT2D eigenvalue weighted by Crippen LogP contribution is 2.14. The van der Waals surface area contributed by atoms with Crippen LogP contribution in [0.4, 0.5) is 0 Å². The van der Waals surface area contributed by atoms with Crippen LogP contribution in [0.25, 0.3) is 0 Å². The molecule has 2 aliphatic rings. The van der Waals surface area contributed by atoms with Gasteiger partial charge in [0.25, 0.3) is 0 Å². The van der Waals surface area contributed by atoms with E-state index < -0.39 is 10.0 Å². The molecule has 1 amide bonds. The summed E-state index contributed by atoms with van der Waals surface area (Å²) in [6.07, 6.45) is 4.50. The Morgan fingerprint density at radius 1 is 1.32 bits per heavy atom. The molecular formula is C14H28ClN3O3S. The van der Waals surface area contributed by atoms with Gasteiger partial charge in [0.2, 0.25) is 15.9 Å². The second-order valence-corrected chi connectivity index (χ2v) is 8.26. The van der Waals surface area contributed by atoms with Gasteiger partial charge in [0.1, 0.15) is 0 Å². The van der Waals surface area contributed by atoms with Crippen LogP contribution < -0.4 is 10.6 Å². The van der Waals surface area contributed by atoms with Crippen LogP contribution in [-0.2, 0) is 14.8 Å². The zero-order chi connectivity index (χ0) is 15.3. The normalized spacial score (nSPS) is 26.4. The van der Waals surface area contributed by atoms with Crippen molar-refractivity contribution in [1.29, 1.82) is 0 Å². The summed E-state index contributed by atoms with van der Waals surface area (Å²) in [5.74, 6) is 0.0639. The van der Waals surface area contributed by atoms with E-state index in [0.29, 0.717) is 32.0 Å². The minimum atomic E-state index is -3.15. The van der Waals surface area contributed by atoms with Crippen LogP contribution in [0.2, 0.25) is 0 Å². The lowest BCUT2D eigenvalue weighted by Gasteiger charge is -2.28. The Kier molecular flexibility index (Phi) is 8.10. The SMILES string of the molecule is CC1CC(NC(=O)CCCS(=O)(=O)N2CCCC2)CCN1.Cl. The molecule has 0 aromatic heterocycles. The average Bonchev–Trinajstić information content (AvgIpc) is 2.93. The molecule has 2 aliphatic heterocycles. The Morgan fingerprint density at radius 2 is 2.00 bits per heavy atom. The zero-order valence-electron chi connectivity index (χ0n) is 13.2. The molecule has 0 aromatic rings. The molecule has 0 aliphatic carbocycles. The fraction of sp³-hybridized carbons (Fsp3) is 0.929. The van der Waals surface area contributed by atoms with Crippen molar-refractivity contribution in [3.63, 3.8) is 0 Å². The number of piperidine rings is 1. The Balaban J connectivity index is 0.00000242. The molecule has 2 rings (SSSR count). The van der Waals surface area contributed by atoms with Gasteiger partial charge in [-0.15, -0.1) is 12.4 Å². The van der Waals surface area contributed by atoms with E-state index >= 15 is 0 Å². The first-order valence-corrected chi connectivity index (χ1v) is 9.59. The van der Waals surface area contributed by atoms with Crippen molar-refractivity contribution in [1.82, 2.24) is 14.9 Å². The van der Waals surface area contributed by atoms with E-state index in [0.717, 1.165) is 32.2 Å². The number of sulfonamides is 1. The molecule has 6 nitrogen and oxygen atoms in total. The predicted octanol–water partition coefficient (Wildman–Crippen LogP) is 0.871. The molecule has 130 valence electrons. The van der Waals surface area contributed by atoms with Crippen LogP contribution >= 0.6 is 12.4 Å². The summed E-state index contributed by atoms with van der Waals surface area (Å²) in [6.45, 7) is 4.32. The summed E-state index contributed by atoms with van der Waals surface area (Å²) in [7, 11) is -3.15. The third-order valence-electron chi connectivity index (χ3n) is 4.25. The summed E-state index contributed by atoms with van der Waals surface area (Å²) in [6, 6.07) is 0.656. The lowest BCUT2D eigenvalue weighted by atomic mass is 10.0. The van der Waals surface area contributed by atoms with Crippen molar-refractivity contribution in [2.45, 2.75) is 57.5 Å². The van der Waals surface area contributed by atoms with Gasteiger partial charge in [-0.1, -0.05) is 0 Å². The van der Waals surface area contributed by atoms with Gasteiger partial charge in [-0.25, -0.2) is 12.7 Å². The minimum Gasteiger partial charge on any atom is -0.353 e. The van der Waals surface area contributed by atoms with Crippen LogP contribution in [0.5, 0.6) is 0 Å². The molecule has 0 aromatic carbocycles. The van der Waals surface area contributed by atoms with Gasteiger partial charge in [-0.3, -0.25) is 4.79 Å². The third kappa shape index (κ3) is 6.02. The van der Waals surface area contributed by atoms with E-state index in [1.807, 2.05) is 0 Å². The maximum Gasteiger partial charge on any atom is 0.220 e. The lowest BCUT2D eigenvalue weighted by molar-refractivity contribution is -0.122. The number of carbonyl (C=O) groups is 1. The highest BCUT2D eigenvalue weighted by atomic mass is 35.5. The van der Waals surface area contributed by atoms with Gasteiger partial charge >= 0.3 is 0 Å². The Morgan fingerprint density at radius 3 is 2.64 bits per heavy atom. The molecule has 2 heterocycles. The van der Waals surface area contributed by atoms with Crippen LogP contribution in [0, 0.1) is 0 Å². The first-order valence-electron chi connectivity index (χ1n) is 7.98. The Bertz CT molecular complexity index is 452. The smallest absolute Gasteiger partial charge is 0.220 e. The number of amides is 1. The molecule has 0 saturated carbocycles. The number of nitrogens with one attached hydrogen (secondary N) is 2. The van der Waals surface area contributed by atoms with Crippen molar-refractivity contribution in [3.05, 3.63) is 0 Å². The van der Waals surface area contributed by atoms with E-state index in [1.165, 1.54) is 0 Å². The van der Waals surface area contributed by atoms with Crippen molar-refractivity contribution in [3.8, 4) is 0 Å². The minimum absolute atomic E-state index is 0. The fourth-order valence-electron chi connectivity index (χ4n) is 3.07. The first kappa shape index (κ1) is 19.7. The molecular weight excluding hydrogens is 326 g/mol. The van der Waals surface area contributed by atoms with E-state index in [1.54, 1.807) is 4.31 Å². The summed E-state index contributed by atoms with van der Waals surface area (Å²) < 4.78 is 25.6. The first-order chi connectivity index (χ1) is 9.97. The molecule has 22 heavy (non-hydrogen) atoms. The average molecular weight is 354 g/mol. The molecule has 2 N–H and O–H groups in total. The van der Waals surface area contributed by atoms with Crippen LogP contribution in [-0.4, -0.2) is 56.1 Å². The molecule has 2 atom stereocenters. The second kappa shape index (κ2) is 9.05. The molecule has 0 spiro atoms. The van der Waals surface area contributed by atoms with E-state index in [9.17, 15) is 13.2 Å². The van der Waals surface area contributed by atoms with E-state index in [2.05, 4.69) is 17.6 Å². The van der Waals surface area contributed by atoms with E-state index in [-0.39, 0.29) is 30.1 Å². The van der Waals surface area contributed by atoms with Crippen LogP contribution in [0.3, 0.4) is 0 Å².